The van der Waals surface area contributed by atoms with E-state index in [1.165, 1.54) is 0 Å². The van der Waals surface area contributed by atoms with Crippen LogP contribution in [0.15, 0.2) is 34.8 Å². The number of ether oxygens (including phenoxy) is 2. The van der Waals surface area contributed by atoms with Gasteiger partial charge in [0.15, 0.2) is 11.5 Å². The second-order valence-electron chi connectivity index (χ2n) is 6.00. The van der Waals surface area contributed by atoms with Crippen LogP contribution in [0, 0.1) is 0 Å². The van der Waals surface area contributed by atoms with Crippen LogP contribution in [0.25, 0.3) is 0 Å². The third-order valence-electron chi connectivity index (χ3n) is 4.10. The summed E-state index contributed by atoms with van der Waals surface area (Å²) in [6, 6.07) is 9.35. The predicted molar refractivity (Wildman–Crippen MR) is 114 cm³/mol. The van der Waals surface area contributed by atoms with Crippen molar-refractivity contribution in [3.05, 3.63) is 56.0 Å². The summed E-state index contributed by atoms with van der Waals surface area (Å²) in [4.78, 5) is 0. The lowest BCUT2D eigenvalue weighted by Gasteiger charge is -2.18. The number of hydrogen-bond donors (Lipinski definition) is 2. The quantitative estimate of drug-likeness (QED) is 0.469. The lowest BCUT2D eigenvalue weighted by molar-refractivity contribution is 0.238. The van der Waals surface area contributed by atoms with Crippen molar-refractivity contribution in [3.63, 3.8) is 0 Å². The Hall–Kier alpha value is -0.980. The average Bonchev–Trinajstić information content (AvgIpc) is 2.64. The van der Waals surface area contributed by atoms with Crippen molar-refractivity contribution >= 4 is 39.1 Å². The summed E-state index contributed by atoms with van der Waals surface area (Å²) in [7, 11) is 0. The number of aliphatic hydroxyl groups is 1. The highest BCUT2D eigenvalue weighted by molar-refractivity contribution is 9.10. The Morgan fingerprint density at radius 3 is 2.44 bits per heavy atom. The van der Waals surface area contributed by atoms with Gasteiger partial charge in [0.2, 0.25) is 0 Å². The Labute approximate surface area is 178 Å². The molecule has 0 saturated heterocycles. The Bertz CT molecular complexity index is 734. The number of benzene rings is 2. The van der Waals surface area contributed by atoms with Gasteiger partial charge in [-0.25, -0.2) is 0 Å². The molecule has 2 aromatic carbocycles. The molecule has 7 heteroatoms. The molecule has 0 aliphatic heterocycles. The largest absolute Gasteiger partial charge is 0.490 e. The number of halogens is 3. The van der Waals surface area contributed by atoms with Gasteiger partial charge in [-0.15, -0.1) is 0 Å². The minimum absolute atomic E-state index is 0.0672. The van der Waals surface area contributed by atoms with Crippen molar-refractivity contribution in [2.24, 2.45) is 0 Å². The van der Waals surface area contributed by atoms with Gasteiger partial charge in [0.25, 0.3) is 0 Å². The first kappa shape index (κ1) is 22.3. The molecule has 2 N–H and O–H groups in total. The van der Waals surface area contributed by atoms with Gasteiger partial charge in [-0.2, -0.15) is 0 Å². The highest BCUT2D eigenvalue weighted by atomic mass is 79.9. The van der Waals surface area contributed by atoms with Crippen molar-refractivity contribution in [3.8, 4) is 11.5 Å². The molecule has 0 spiro atoms. The molecule has 0 bridgehead atoms. The van der Waals surface area contributed by atoms with E-state index in [9.17, 15) is 5.11 Å². The number of nitrogens with one attached hydrogen (secondary N) is 1. The number of rotatable bonds is 10. The van der Waals surface area contributed by atoms with Crippen molar-refractivity contribution < 1.29 is 14.6 Å². The SMILES string of the molecule is CCOc1cc(CN[C@H](CC)CO)cc(Br)c1OCc1c(Cl)cccc1Cl. The summed E-state index contributed by atoms with van der Waals surface area (Å²) < 4.78 is 12.5. The topological polar surface area (TPSA) is 50.7 Å². The van der Waals surface area contributed by atoms with Crippen molar-refractivity contribution in [1.29, 1.82) is 0 Å². The van der Waals surface area contributed by atoms with E-state index in [-0.39, 0.29) is 19.3 Å². The summed E-state index contributed by atoms with van der Waals surface area (Å²) in [5.74, 6) is 1.25. The average molecular weight is 477 g/mol. The first-order valence-corrected chi connectivity index (χ1v) is 10.4. The number of aliphatic hydroxyl groups excluding tert-OH is 1. The van der Waals surface area contributed by atoms with Crippen LogP contribution in [0.3, 0.4) is 0 Å². The maximum atomic E-state index is 9.33. The van der Waals surface area contributed by atoms with E-state index < -0.39 is 0 Å². The maximum absolute atomic E-state index is 9.33. The van der Waals surface area contributed by atoms with E-state index in [2.05, 4.69) is 21.2 Å². The van der Waals surface area contributed by atoms with Crippen LogP contribution in [0.1, 0.15) is 31.4 Å². The summed E-state index contributed by atoms with van der Waals surface area (Å²) in [5, 5.41) is 13.8. The van der Waals surface area contributed by atoms with Crippen molar-refractivity contribution in [2.75, 3.05) is 13.2 Å². The number of hydrogen-bond acceptors (Lipinski definition) is 4. The molecule has 0 unspecified atom stereocenters. The van der Waals surface area contributed by atoms with Gasteiger partial charge in [-0.05, 0) is 59.1 Å². The van der Waals surface area contributed by atoms with Gasteiger partial charge in [0.05, 0.1) is 17.7 Å². The van der Waals surface area contributed by atoms with E-state index >= 15 is 0 Å². The summed E-state index contributed by atoms with van der Waals surface area (Å²) in [5.41, 5.74) is 1.76. The van der Waals surface area contributed by atoms with Crippen LogP contribution in [0.2, 0.25) is 10.0 Å². The van der Waals surface area contributed by atoms with Crippen LogP contribution in [-0.2, 0) is 13.2 Å². The summed E-state index contributed by atoms with van der Waals surface area (Å²) >= 11 is 16.0. The van der Waals surface area contributed by atoms with Crippen LogP contribution in [-0.4, -0.2) is 24.4 Å². The zero-order chi connectivity index (χ0) is 19.8. The Morgan fingerprint density at radius 2 is 1.85 bits per heavy atom. The zero-order valence-corrected chi connectivity index (χ0v) is 18.5. The molecule has 0 aliphatic carbocycles. The summed E-state index contributed by atoms with van der Waals surface area (Å²) in [6.07, 6.45) is 0.857. The third-order valence-corrected chi connectivity index (χ3v) is 5.40. The van der Waals surface area contributed by atoms with Crippen LogP contribution >= 0.6 is 39.1 Å². The molecule has 2 rings (SSSR count). The molecule has 2 aromatic rings. The normalized spacial score (nSPS) is 12.1. The first-order valence-electron chi connectivity index (χ1n) is 8.85. The fourth-order valence-corrected chi connectivity index (χ4v) is 3.65. The fourth-order valence-electron chi connectivity index (χ4n) is 2.54. The molecule has 0 aliphatic rings. The maximum Gasteiger partial charge on any atom is 0.175 e. The van der Waals surface area contributed by atoms with Crippen LogP contribution in [0.4, 0.5) is 0 Å². The van der Waals surface area contributed by atoms with Gasteiger partial charge in [0.1, 0.15) is 6.61 Å². The molecule has 1 atom stereocenters. The molecule has 0 amide bonds. The molecule has 148 valence electrons. The van der Waals surface area contributed by atoms with E-state index in [1.54, 1.807) is 18.2 Å². The standard InChI is InChI=1S/C20H24BrCl2NO3/c1-3-14(11-25)24-10-13-8-16(21)20(19(9-13)26-4-2)27-12-15-17(22)6-5-7-18(15)23/h5-9,14,24-25H,3-4,10-12H2,1-2H3/t14-/m1/s1. The highest BCUT2D eigenvalue weighted by Gasteiger charge is 2.15. The molecular formula is C20H24BrCl2NO3. The molecule has 4 nitrogen and oxygen atoms in total. The third kappa shape index (κ3) is 6.26. The lowest BCUT2D eigenvalue weighted by Crippen LogP contribution is -2.31. The fraction of sp³-hybridized carbons (Fsp3) is 0.400. The Kier molecular flexibility index (Phi) is 9.19. The van der Waals surface area contributed by atoms with Gasteiger partial charge in [0, 0.05) is 28.2 Å². The van der Waals surface area contributed by atoms with E-state index in [1.807, 2.05) is 26.0 Å². The molecule has 0 radical (unpaired) electrons. The van der Waals surface area contributed by atoms with Crippen LogP contribution in [0.5, 0.6) is 11.5 Å². The minimum Gasteiger partial charge on any atom is -0.490 e. The van der Waals surface area contributed by atoms with Gasteiger partial charge >= 0.3 is 0 Å². The van der Waals surface area contributed by atoms with Crippen molar-refractivity contribution in [1.82, 2.24) is 5.32 Å². The van der Waals surface area contributed by atoms with Gasteiger partial charge in [-0.1, -0.05) is 36.2 Å². The first-order chi connectivity index (χ1) is 13.0. The molecule has 0 aromatic heterocycles. The molecule has 0 fully saturated rings. The van der Waals surface area contributed by atoms with Crippen LogP contribution < -0.4 is 14.8 Å². The summed E-state index contributed by atoms with van der Waals surface area (Å²) in [6.45, 7) is 5.43. The molecule has 27 heavy (non-hydrogen) atoms. The minimum atomic E-state index is 0.0672. The van der Waals surface area contributed by atoms with Gasteiger partial charge in [-0.3, -0.25) is 0 Å². The Morgan fingerprint density at radius 1 is 1.15 bits per heavy atom. The molecule has 0 heterocycles. The van der Waals surface area contributed by atoms with E-state index in [0.717, 1.165) is 22.0 Å². The Balaban J connectivity index is 2.20. The molecular weight excluding hydrogens is 453 g/mol. The van der Waals surface area contributed by atoms with Gasteiger partial charge < -0.3 is 19.9 Å². The van der Waals surface area contributed by atoms with E-state index in [0.29, 0.717) is 34.7 Å². The smallest absolute Gasteiger partial charge is 0.175 e. The highest BCUT2D eigenvalue weighted by Crippen LogP contribution is 2.38. The zero-order valence-electron chi connectivity index (χ0n) is 15.4. The van der Waals surface area contributed by atoms with Crippen molar-refractivity contribution in [2.45, 2.75) is 39.5 Å². The molecule has 0 saturated carbocycles. The predicted octanol–water partition coefficient (Wildman–Crippen LogP) is 5.59. The lowest BCUT2D eigenvalue weighted by atomic mass is 10.1. The second-order valence-corrected chi connectivity index (χ2v) is 7.66. The second kappa shape index (κ2) is 11.1. The van der Waals surface area contributed by atoms with E-state index in [4.69, 9.17) is 32.7 Å². The monoisotopic (exact) mass is 475 g/mol.